The van der Waals surface area contributed by atoms with Gasteiger partial charge in [0.05, 0.1) is 11.4 Å². The van der Waals surface area contributed by atoms with Crippen molar-refractivity contribution in [2.75, 3.05) is 36.8 Å². The Morgan fingerprint density at radius 2 is 1.78 bits per heavy atom. The molecule has 2 aromatic carbocycles. The quantitative estimate of drug-likeness (QED) is 0.654. The van der Waals surface area contributed by atoms with E-state index in [0.29, 0.717) is 23.5 Å². The Bertz CT molecular complexity index is 974. The van der Waals surface area contributed by atoms with Gasteiger partial charge >= 0.3 is 0 Å². The van der Waals surface area contributed by atoms with Crippen LogP contribution in [-0.2, 0) is 16.0 Å². The van der Waals surface area contributed by atoms with Crippen molar-refractivity contribution in [2.24, 2.45) is 0 Å². The van der Waals surface area contributed by atoms with Gasteiger partial charge in [-0.3, -0.25) is 14.4 Å². The molecule has 168 valence electrons. The van der Waals surface area contributed by atoms with E-state index in [1.165, 1.54) is 22.2 Å². The highest BCUT2D eigenvalue weighted by Crippen LogP contribution is 2.36. The lowest BCUT2D eigenvalue weighted by atomic mass is 10.1. The van der Waals surface area contributed by atoms with E-state index in [0.717, 1.165) is 50.1 Å². The maximum Gasteiger partial charge on any atom is 0.253 e. The first-order valence-corrected chi connectivity index (χ1v) is 12.3. The zero-order valence-corrected chi connectivity index (χ0v) is 19.0. The van der Waals surface area contributed by atoms with Crippen LogP contribution in [0.4, 0.5) is 5.69 Å². The first kappa shape index (κ1) is 22.4. The fraction of sp³-hybridized carbons (Fsp3) is 0.400. The molecule has 2 aliphatic rings. The number of carbonyl (C=O) groups excluding carboxylic acids is 3. The SMILES string of the molecule is O=C(CN1C(=O)CSc2ccc(C(=O)N3CCCCC3)cc21)NCCCc1ccccc1. The minimum atomic E-state index is -0.183. The highest BCUT2D eigenvalue weighted by Gasteiger charge is 2.28. The summed E-state index contributed by atoms with van der Waals surface area (Å²) in [6.07, 6.45) is 4.95. The Hall–Kier alpha value is -2.80. The van der Waals surface area contributed by atoms with Crippen molar-refractivity contribution in [3.8, 4) is 0 Å². The van der Waals surface area contributed by atoms with E-state index in [1.807, 2.05) is 35.2 Å². The van der Waals surface area contributed by atoms with Crippen molar-refractivity contribution in [3.05, 3.63) is 59.7 Å². The zero-order valence-electron chi connectivity index (χ0n) is 18.2. The van der Waals surface area contributed by atoms with E-state index < -0.39 is 0 Å². The first-order chi connectivity index (χ1) is 15.6. The van der Waals surface area contributed by atoms with Gasteiger partial charge in [0.1, 0.15) is 6.54 Å². The largest absolute Gasteiger partial charge is 0.355 e. The fourth-order valence-electron chi connectivity index (χ4n) is 4.15. The van der Waals surface area contributed by atoms with E-state index >= 15 is 0 Å². The second-order valence-corrected chi connectivity index (χ2v) is 9.26. The molecule has 32 heavy (non-hydrogen) atoms. The molecule has 1 saturated heterocycles. The number of nitrogens with zero attached hydrogens (tertiary/aromatic N) is 2. The van der Waals surface area contributed by atoms with Crippen LogP contribution >= 0.6 is 11.8 Å². The van der Waals surface area contributed by atoms with Gasteiger partial charge in [0.25, 0.3) is 5.91 Å². The number of hydrogen-bond acceptors (Lipinski definition) is 4. The molecule has 1 N–H and O–H groups in total. The van der Waals surface area contributed by atoms with E-state index in [1.54, 1.807) is 6.07 Å². The third-order valence-corrected chi connectivity index (χ3v) is 6.95. The van der Waals surface area contributed by atoms with Gasteiger partial charge < -0.3 is 15.1 Å². The van der Waals surface area contributed by atoms with Gasteiger partial charge in [-0.05, 0) is 55.9 Å². The number of hydrogen-bond donors (Lipinski definition) is 1. The number of rotatable bonds is 7. The molecular weight excluding hydrogens is 422 g/mol. The summed E-state index contributed by atoms with van der Waals surface area (Å²) in [6, 6.07) is 15.7. The summed E-state index contributed by atoms with van der Waals surface area (Å²) in [5.74, 6) is 0.00983. The Labute approximate surface area is 193 Å². The van der Waals surface area contributed by atoms with Gasteiger partial charge in [-0.15, -0.1) is 11.8 Å². The minimum Gasteiger partial charge on any atom is -0.355 e. The number of benzene rings is 2. The van der Waals surface area contributed by atoms with Gasteiger partial charge in [0.15, 0.2) is 0 Å². The maximum atomic E-state index is 12.9. The standard InChI is InChI=1S/C25H29N3O3S/c29-23(26-13-7-10-19-8-3-1-4-9-19)17-28-21-16-20(11-12-22(21)32-18-24(28)30)25(31)27-14-5-2-6-15-27/h1,3-4,8-9,11-12,16H,2,5-7,10,13-15,17-18H2,(H,26,29). The molecule has 0 aromatic heterocycles. The number of thioether (sulfide) groups is 1. The summed E-state index contributed by atoms with van der Waals surface area (Å²) < 4.78 is 0. The van der Waals surface area contributed by atoms with Crippen LogP contribution in [0.25, 0.3) is 0 Å². The molecular formula is C25H29N3O3S. The molecule has 3 amide bonds. The molecule has 2 aromatic rings. The third kappa shape index (κ3) is 5.51. The number of aryl methyl sites for hydroxylation is 1. The van der Waals surface area contributed by atoms with Gasteiger partial charge in [0.2, 0.25) is 11.8 Å². The molecule has 0 saturated carbocycles. The smallest absolute Gasteiger partial charge is 0.253 e. The molecule has 6 nitrogen and oxygen atoms in total. The topological polar surface area (TPSA) is 69.7 Å². The first-order valence-electron chi connectivity index (χ1n) is 11.3. The van der Waals surface area contributed by atoms with Gasteiger partial charge in [-0.25, -0.2) is 0 Å². The van der Waals surface area contributed by atoms with Crippen molar-refractivity contribution < 1.29 is 14.4 Å². The molecule has 7 heteroatoms. The summed E-state index contributed by atoms with van der Waals surface area (Å²) in [4.78, 5) is 42.4. The predicted octanol–water partition coefficient (Wildman–Crippen LogP) is 3.50. The van der Waals surface area contributed by atoms with Crippen LogP contribution in [0.15, 0.2) is 53.4 Å². The van der Waals surface area contributed by atoms with E-state index in [4.69, 9.17) is 0 Å². The lowest BCUT2D eigenvalue weighted by molar-refractivity contribution is -0.122. The van der Waals surface area contributed by atoms with E-state index in [2.05, 4.69) is 17.4 Å². The lowest BCUT2D eigenvalue weighted by Gasteiger charge is -2.30. The van der Waals surface area contributed by atoms with Crippen molar-refractivity contribution in [3.63, 3.8) is 0 Å². The van der Waals surface area contributed by atoms with Crippen LogP contribution in [0.2, 0.25) is 0 Å². The van der Waals surface area contributed by atoms with Crippen molar-refractivity contribution in [2.45, 2.75) is 37.0 Å². The Morgan fingerprint density at radius 3 is 2.56 bits per heavy atom. The third-order valence-electron chi connectivity index (χ3n) is 5.90. The normalized spacial score (nSPS) is 15.9. The molecule has 2 heterocycles. The van der Waals surface area contributed by atoms with Gasteiger partial charge in [-0.2, -0.15) is 0 Å². The lowest BCUT2D eigenvalue weighted by Crippen LogP contribution is -2.43. The number of nitrogens with one attached hydrogen (secondary N) is 1. The monoisotopic (exact) mass is 451 g/mol. The molecule has 0 aliphatic carbocycles. The van der Waals surface area contributed by atoms with Crippen LogP contribution in [0, 0.1) is 0 Å². The molecule has 0 bridgehead atoms. The Balaban J connectivity index is 1.38. The molecule has 1 fully saturated rings. The van der Waals surface area contributed by atoms with Crippen molar-refractivity contribution in [1.29, 1.82) is 0 Å². The number of anilines is 1. The molecule has 0 unspecified atom stereocenters. The van der Waals surface area contributed by atoms with Crippen molar-refractivity contribution in [1.82, 2.24) is 10.2 Å². The summed E-state index contributed by atoms with van der Waals surface area (Å²) in [7, 11) is 0. The number of piperidine rings is 1. The number of fused-ring (bicyclic) bond motifs is 1. The number of likely N-dealkylation sites (tertiary alicyclic amines) is 1. The zero-order chi connectivity index (χ0) is 22.3. The average Bonchev–Trinajstić information content (AvgIpc) is 2.84. The highest BCUT2D eigenvalue weighted by atomic mass is 32.2. The second kappa shape index (κ2) is 10.7. The van der Waals surface area contributed by atoms with Gasteiger partial charge in [0, 0.05) is 30.1 Å². The molecule has 0 radical (unpaired) electrons. The molecule has 0 atom stereocenters. The van der Waals surface area contributed by atoms with Crippen molar-refractivity contribution >= 4 is 35.2 Å². The maximum absolute atomic E-state index is 12.9. The van der Waals surface area contributed by atoms with Crippen LogP contribution in [0.1, 0.15) is 41.6 Å². The van der Waals surface area contributed by atoms with Gasteiger partial charge in [-0.1, -0.05) is 30.3 Å². The van der Waals surface area contributed by atoms with Crippen LogP contribution in [0.3, 0.4) is 0 Å². The number of amides is 3. The van der Waals surface area contributed by atoms with E-state index in [-0.39, 0.29) is 24.3 Å². The summed E-state index contributed by atoms with van der Waals surface area (Å²) >= 11 is 1.45. The fourth-order valence-corrected chi connectivity index (χ4v) is 5.07. The predicted molar refractivity (Wildman–Crippen MR) is 127 cm³/mol. The Kier molecular flexibility index (Phi) is 7.47. The highest BCUT2D eigenvalue weighted by molar-refractivity contribution is 8.00. The second-order valence-electron chi connectivity index (χ2n) is 8.24. The minimum absolute atomic E-state index is 0.000774. The van der Waals surface area contributed by atoms with Crippen LogP contribution in [-0.4, -0.2) is 54.6 Å². The van der Waals surface area contributed by atoms with E-state index in [9.17, 15) is 14.4 Å². The molecule has 0 spiro atoms. The summed E-state index contributed by atoms with van der Waals surface area (Å²) in [5.41, 5.74) is 2.48. The summed E-state index contributed by atoms with van der Waals surface area (Å²) in [6.45, 7) is 2.08. The summed E-state index contributed by atoms with van der Waals surface area (Å²) in [5, 5.41) is 2.93. The average molecular weight is 452 g/mol. The Morgan fingerprint density at radius 1 is 1.00 bits per heavy atom. The van der Waals surface area contributed by atoms with Crippen LogP contribution in [0.5, 0.6) is 0 Å². The number of carbonyl (C=O) groups is 3. The molecule has 2 aliphatic heterocycles. The van der Waals surface area contributed by atoms with Crippen LogP contribution < -0.4 is 10.2 Å². The molecule has 4 rings (SSSR count).